The van der Waals surface area contributed by atoms with Crippen LogP contribution >= 0.6 is 12.2 Å². The first-order valence-electron chi connectivity index (χ1n) is 10.1. The van der Waals surface area contributed by atoms with Gasteiger partial charge in [-0.3, -0.25) is 14.9 Å². The Hall–Kier alpha value is -3.98. The molecule has 1 aromatic heterocycles. The van der Waals surface area contributed by atoms with Crippen molar-refractivity contribution in [3.05, 3.63) is 76.9 Å². The van der Waals surface area contributed by atoms with E-state index >= 15 is 0 Å². The minimum atomic E-state index is -0.693. The molecule has 0 bridgehead atoms. The average Bonchev–Trinajstić information content (AvgIpc) is 3.35. The van der Waals surface area contributed by atoms with Gasteiger partial charge in [0.15, 0.2) is 16.6 Å². The topological polar surface area (TPSA) is 72.8 Å². The van der Waals surface area contributed by atoms with E-state index in [0.717, 1.165) is 22.0 Å². The summed E-state index contributed by atoms with van der Waals surface area (Å²) in [5.74, 6) is -0.620. The molecule has 0 radical (unpaired) electrons. The fourth-order valence-electron chi connectivity index (χ4n) is 4.02. The minimum absolute atomic E-state index is 0.0239. The Morgan fingerprint density at radius 3 is 2.61 bits per heavy atom. The Morgan fingerprint density at radius 1 is 1.06 bits per heavy atom. The number of fused-ring (bicyclic) bond motifs is 1. The average molecular weight is 463 g/mol. The molecule has 1 fully saturated rings. The number of aromatic nitrogens is 1. The van der Waals surface area contributed by atoms with Gasteiger partial charge in [0.05, 0.1) is 5.69 Å². The van der Waals surface area contributed by atoms with Crippen LogP contribution in [0.5, 0.6) is 11.5 Å². The molecule has 0 spiro atoms. The van der Waals surface area contributed by atoms with Crippen molar-refractivity contribution >= 4 is 40.9 Å². The highest BCUT2D eigenvalue weighted by Gasteiger charge is 2.36. The third-order valence-corrected chi connectivity index (χ3v) is 5.86. The van der Waals surface area contributed by atoms with Crippen LogP contribution in [0.3, 0.4) is 0 Å². The first kappa shape index (κ1) is 20.9. The molecule has 2 amide bonds. The number of amides is 2. The lowest BCUT2D eigenvalue weighted by molar-refractivity contribution is -0.122. The molecule has 0 aliphatic carbocycles. The van der Waals surface area contributed by atoms with Crippen LogP contribution in [0, 0.1) is 19.7 Å². The number of nitrogens with one attached hydrogen (secondary N) is 1. The molecule has 3 heterocycles. The van der Waals surface area contributed by atoms with E-state index in [-0.39, 0.29) is 23.2 Å². The van der Waals surface area contributed by atoms with Crippen LogP contribution in [0.1, 0.15) is 17.0 Å². The molecule has 1 saturated heterocycles. The summed E-state index contributed by atoms with van der Waals surface area (Å²) in [7, 11) is 0. The van der Waals surface area contributed by atoms with E-state index in [9.17, 15) is 14.0 Å². The number of halogens is 1. The van der Waals surface area contributed by atoms with E-state index in [1.54, 1.807) is 6.07 Å². The molecular formula is C24H18FN3O4S. The highest BCUT2D eigenvalue weighted by Crippen LogP contribution is 2.35. The van der Waals surface area contributed by atoms with Gasteiger partial charge in [0, 0.05) is 23.1 Å². The van der Waals surface area contributed by atoms with Gasteiger partial charge >= 0.3 is 0 Å². The SMILES string of the molecule is Cc1cc(/C=C2/C(=O)NC(=S)N(c3ccccc3F)C2=O)c(C)n1-c1ccc2c(c1)OCO2. The number of hydrogen-bond acceptors (Lipinski definition) is 5. The minimum Gasteiger partial charge on any atom is -0.454 e. The Morgan fingerprint density at radius 2 is 1.82 bits per heavy atom. The number of para-hydroxylation sites is 1. The number of aryl methyl sites for hydroxylation is 1. The van der Waals surface area contributed by atoms with Crippen molar-refractivity contribution in [1.82, 2.24) is 9.88 Å². The maximum Gasteiger partial charge on any atom is 0.270 e. The number of carbonyl (C=O) groups is 2. The van der Waals surface area contributed by atoms with Crippen LogP contribution in [0.2, 0.25) is 0 Å². The molecule has 3 aromatic rings. The van der Waals surface area contributed by atoms with Crippen LogP contribution in [-0.2, 0) is 9.59 Å². The summed E-state index contributed by atoms with van der Waals surface area (Å²) in [5, 5.41) is 2.31. The summed E-state index contributed by atoms with van der Waals surface area (Å²) in [5.41, 5.74) is 3.06. The van der Waals surface area contributed by atoms with Gasteiger partial charge in [0.2, 0.25) is 6.79 Å². The number of thiocarbonyl (C=S) groups is 1. The predicted octanol–water partition coefficient (Wildman–Crippen LogP) is 3.79. The van der Waals surface area contributed by atoms with Crippen molar-refractivity contribution in [3.63, 3.8) is 0 Å². The van der Waals surface area contributed by atoms with E-state index in [0.29, 0.717) is 17.1 Å². The molecule has 9 heteroatoms. The molecule has 2 aliphatic heterocycles. The van der Waals surface area contributed by atoms with Crippen molar-refractivity contribution in [2.45, 2.75) is 13.8 Å². The summed E-state index contributed by atoms with van der Waals surface area (Å²) >= 11 is 5.15. The fraction of sp³-hybridized carbons (Fsp3) is 0.125. The van der Waals surface area contributed by atoms with Crippen LogP contribution in [0.15, 0.2) is 54.1 Å². The van der Waals surface area contributed by atoms with Gasteiger partial charge < -0.3 is 14.0 Å². The van der Waals surface area contributed by atoms with Crippen molar-refractivity contribution in [3.8, 4) is 17.2 Å². The van der Waals surface area contributed by atoms with Crippen LogP contribution in [0.25, 0.3) is 11.8 Å². The molecule has 1 N–H and O–H groups in total. The zero-order valence-corrected chi connectivity index (χ0v) is 18.5. The Kier molecular flexibility index (Phi) is 4.98. The summed E-state index contributed by atoms with van der Waals surface area (Å²) in [6.45, 7) is 3.98. The zero-order chi connectivity index (χ0) is 23.3. The first-order valence-corrected chi connectivity index (χ1v) is 10.5. The van der Waals surface area contributed by atoms with Crippen LogP contribution < -0.4 is 19.7 Å². The molecule has 5 rings (SSSR count). The van der Waals surface area contributed by atoms with Crippen molar-refractivity contribution in [1.29, 1.82) is 0 Å². The van der Waals surface area contributed by atoms with E-state index in [4.69, 9.17) is 21.7 Å². The van der Waals surface area contributed by atoms with Crippen molar-refractivity contribution in [2.24, 2.45) is 0 Å². The van der Waals surface area contributed by atoms with Gasteiger partial charge in [-0.25, -0.2) is 9.29 Å². The van der Waals surface area contributed by atoms with Gasteiger partial charge in [-0.15, -0.1) is 0 Å². The maximum atomic E-state index is 14.4. The van der Waals surface area contributed by atoms with E-state index < -0.39 is 17.6 Å². The second-order valence-corrected chi connectivity index (χ2v) is 8.00. The van der Waals surface area contributed by atoms with Gasteiger partial charge in [0.25, 0.3) is 11.8 Å². The van der Waals surface area contributed by atoms with Gasteiger partial charge in [-0.1, -0.05) is 12.1 Å². The fourth-order valence-corrected chi connectivity index (χ4v) is 4.29. The standard InChI is InChI=1S/C24H18FN3O4S/c1-13-9-15(14(2)27(13)16-7-8-20-21(11-16)32-12-31-20)10-17-22(29)26-24(33)28(23(17)30)19-6-4-3-5-18(19)25/h3-11H,12H2,1-2H3,(H,26,29,33)/b17-10-. The van der Waals surface area contributed by atoms with Crippen molar-refractivity contribution in [2.75, 3.05) is 11.7 Å². The second-order valence-electron chi connectivity index (χ2n) is 7.61. The van der Waals surface area contributed by atoms with Crippen LogP contribution in [-0.4, -0.2) is 28.3 Å². The van der Waals surface area contributed by atoms with E-state index in [1.165, 1.54) is 24.3 Å². The Bertz CT molecular complexity index is 1380. The highest BCUT2D eigenvalue weighted by molar-refractivity contribution is 7.80. The number of ether oxygens (including phenoxy) is 2. The molecule has 2 aromatic carbocycles. The number of anilines is 1. The number of rotatable bonds is 3. The summed E-state index contributed by atoms with van der Waals surface area (Å²) in [6, 6.07) is 13.2. The smallest absolute Gasteiger partial charge is 0.270 e. The third kappa shape index (κ3) is 3.46. The predicted molar refractivity (Wildman–Crippen MR) is 124 cm³/mol. The lowest BCUT2D eigenvalue weighted by Crippen LogP contribution is -2.54. The number of carbonyl (C=O) groups excluding carboxylic acids is 2. The largest absolute Gasteiger partial charge is 0.454 e. The summed E-state index contributed by atoms with van der Waals surface area (Å²) in [4.78, 5) is 26.8. The lowest BCUT2D eigenvalue weighted by atomic mass is 10.1. The van der Waals surface area contributed by atoms with Gasteiger partial charge in [0.1, 0.15) is 11.4 Å². The van der Waals surface area contributed by atoms with Crippen molar-refractivity contribution < 1.29 is 23.5 Å². The normalized spacial score (nSPS) is 16.5. The first-order chi connectivity index (χ1) is 15.8. The molecular weight excluding hydrogens is 445 g/mol. The van der Waals surface area contributed by atoms with E-state index in [1.807, 2.05) is 42.7 Å². The molecule has 2 aliphatic rings. The second kappa shape index (κ2) is 7.86. The summed E-state index contributed by atoms with van der Waals surface area (Å²) in [6.07, 6.45) is 1.50. The van der Waals surface area contributed by atoms with E-state index in [2.05, 4.69) is 5.32 Å². The number of benzene rings is 2. The third-order valence-electron chi connectivity index (χ3n) is 5.58. The maximum absolute atomic E-state index is 14.4. The number of nitrogens with zero attached hydrogens (tertiary/aromatic N) is 2. The molecule has 0 saturated carbocycles. The lowest BCUT2D eigenvalue weighted by Gasteiger charge is -2.29. The molecule has 166 valence electrons. The Labute approximate surface area is 194 Å². The highest BCUT2D eigenvalue weighted by atomic mass is 32.1. The Balaban J connectivity index is 1.55. The zero-order valence-electron chi connectivity index (χ0n) is 17.7. The number of hydrogen-bond donors (Lipinski definition) is 1. The summed E-state index contributed by atoms with van der Waals surface area (Å²) < 4.78 is 27.2. The molecule has 33 heavy (non-hydrogen) atoms. The molecule has 0 atom stereocenters. The van der Waals surface area contributed by atoms with Crippen LogP contribution in [0.4, 0.5) is 10.1 Å². The molecule has 0 unspecified atom stereocenters. The quantitative estimate of drug-likeness (QED) is 0.364. The monoisotopic (exact) mass is 463 g/mol. The van der Waals surface area contributed by atoms with Gasteiger partial charge in [-0.05, 0) is 68.0 Å². The molecule has 7 nitrogen and oxygen atoms in total. The van der Waals surface area contributed by atoms with Gasteiger partial charge in [-0.2, -0.15) is 0 Å².